The summed E-state index contributed by atoms with van der Waals surface area (Å²) in [4.78, 5) is 18.1. The first-order valence-electron chi connectivity index (χ1n) is 9.49. The van der Waals surface area contributed by atoms with Crippen LogP contribution >= 0.6 is 11.6 Å². The third-order valence-corrected chi connectivity index (χ3v) is 5.06. The number of hydrogen-bond acceptors (Lipinski definition) is 2. The van der Waals surface area contributed by atoms with Gasteiger partial charge < -0.3 is 5.32 Å². The van der Waals surface area contributed by atoms with Gasteiger partial charge in [-0.2, -0.15) is 0 Å². The first-order valence-corrected chi connectivity index (χ1v) is 9.87. The highest BCUT2D eigenvalue weighted by molar-refractivity contribution is 6.31. The van der Waals surface area contributed by atoms with Crippen LogP contribution in [-0.4, -0.2) is 16.1 Å². The highest BCUT2D eigenvalue weighted by Crippen LogP contribution is 2.19. The molecule has 27 heavy (non-hydrogen) atoms. The molecule has 0 unspecified atom stereocenters. The maximum absolute atomic E-state index is 13.3. The molecule has 4 nitrogen and oxygen atoms in total. The molecule has 0 saturated carbocycles. The Hall–Kier alpha value is -2.17. The first-order chi connectivity index (χ1) is 12.9. The van der Waals surface area contributed by atoms with Crippen LogP contribution in [0.1, 0.15) is 44.6 Å². The summed E-state index contributed by atoms with van der Waals surface area (Å²) in [6, 6.07) is 13.3. The quantitative estimate of drug-likeness (QED) is 0.697. The van der Waals surface area contributed by atoms with Crippen LogP contribution < -0.4 is 10.9 Å². The van der Waals surface area contributed by atoms with Crippen LogP contribution in [0.2, 0.25) is 5.02 Å². The van der Waals surface area contributed by atoms with Gasteiger partial charge in [-0.25, -0.2) is 4.98 Å². The molecule has 0 spiro atoms. The Morgan fingerprint density at radius 1 is 1.11 bits per heavy atom. The molecule has 1 heterocycles. The lowest BCUT2D eigenvalue weighted by Crippen LogP contribution is -2.85. The van der Waals surface area contributed by atoms with Crippen LogP contribution in [0.15, 0.2) is 47.3 Å². The SMILES string of the molecule is Cc1ccc(-n2c([C@@H](C)[NH2+]CCC(C)C)nc3cc(Cl)ccc3c2=O)cc1. The summed E-state index contributed by atoms with van der Waals surface area (Å²) >= 11 is 6.14. The van der Waals surface area contributed by atoms with Crippen molar-refractivity contribution in [2.75, 3.05) is 6.54 Å². The van der Waals surface area contributed by atoms with E-state index in [1.54, 1.807) is 22.8 Å². The minimum Gasteiger partial charge on any atom is -0.338 e. The van der Waals surface area contributed by atoms with Crippen LogP contribution in [0, 0.1) is 12.8 Å². The number of nitrogens with zero attached hydrogens (tertiary/aromatic N) is 2. The zero-order valence-electron chi connectivity index (χ0n) is 16.4. The van der Waals surface area contributed by atoms with Crippen molar-refractivity contribution in [3.05, 3.63) is 69.2 Å². The van der Waals surface area contributed by atoms with Gasteiger partial charge in [0.2, 0.25) is 0 Å². The molecule has 0 aliphatic carbocycles. The lowest BCUT2D eigenvalue weighted by molar-refractivity contribution is -0.694. The third kappa shape index (κ3) is 4.40. The zero-order chi connectivity index (χ0) is 19.6. The number of benzene rings is 2. The molecule has 2 N–H and O–H groups in total. The maximum Gasteiger partial charge on any atom is 0.266 e. The molecular weight excluding hydrogens is 358 g/mol. The predicted octanol–water partition coefficient (Wildman–Crippen LogP) is 4.02. The number of hydrogen-bond donors (Lipinski definition) is 1. The van der Waals surface area contributed by atoms with Crippen molar-refractivity contribution in [2.45, 2.75) is 40.2 Å². The van der Waals surface area contributed by atoms with Gasteiger partial charge in [0.15, 0.2) is 5.82 Å². The first kappa shape index (κ1) is 19.6. The summed E-state index contributed by atoms with van der Waals surface area (Å²) in [5.74, 6) is 1.40. The van der Waals surface area contributed by atoms with Gasteiger partial charge in [-0.05, 0) is 56.5 Å². The number of fused-ring (bicyclic) bond motifs is 1. The van der Waals surface area contributed by atoms with Crippen LogP contribution in [-0.2, 0) is 0 Å². The van der Waals surface area contributed by atoms with Gasteiger partial charge in [-0.1, -0.05) is 43.1 Å². The maximum atomic E-state index is 13.3. The lowest BCUT2D eigenvalue weighted by atomic mass is 10.1. The van der Waals surface area contributed by atoms with Gasteiger partial charge in [0.1, 0.15) is 6.04 Å². The molecule has 142 valence electrons. The molecule has 3 aromatic rings. The Morgan fingerprint density at radius 3 is 2.48 bits per heavy atom. The third-order valence-electron chi connectivity index (χ3n) is 4.82. The standard InChI is InChI=1S/C22H26ClN3O/c1-14(2)11-12-24-16(4)21-25-20-13-17(23)7-10-19(20)22(27)26(21)18-8-5-15(3)6-9-18/h5-10,13-14,16,24H,11-12H2,1-4H3/p+1/t16-/m1/s1. The van der Waals surface area contributed by atoms with Gasteiger partial charge in [0, 0.05) is 5.02 Å². The fraction of sp³-hybridized carbons (Fsp3) is 0.364. The van der Waals surface area contributed by atoms with E-state index < -0.39 is 0 Å². The number of nitrogens with two attached hydrogens (primary N) is 1. The molecule has 1 atom stereocenters. The van der Waals surface area contributed by atoms with Crippen LogP contribution in [0.4, 0.5) is 0 Å². The topological polar surface area (TPSA) is 51.5 Å². The van der Waals surface area contributed by atoms with Crippen molar-refractivity contribution in [3.63, 3.8) is 0 Å². The Bertz CT molecular complexity index is 993. The molecule has 0 aliphatic heterocycles. The fourth-order valence-corrected chi connectivity index (χ4v) is 3.38. The Kier molecular flexibility index (Phi) is 5.98. The number of rotatable bonds is 6. The highest BCUT2D eigenvalue weighted by Gasteiger charge is 2.20. The van der Waals surface area contributed by atoms with Gasteiger partial charge in [0.05, 0.1) is 23.1 Å². The summed E-state index contributed by atoms with van der Waals surface area (Å²) in [6.45, 7) is 9.57. The molecule has 0 amide bonds. The van der Waals surface area contributed by atoms with Crippen molar-refractivity contribution in [1.29, 1.82) is 0 Å². The molecule has 0 fully saturated rings. The largest absolute Gasteiger partial charge is 0.338 e. The van der Waals surface area contributed by atoms with Crippen LogP contribution in [0.25, 0.3) is 16.6 Å². The second-order valence-corrected chi connectivity index (χ2v) is 8.04. The highest BCUT2D eigenvalue weighted by atomic mass is 35.5. The summed E-state index contributed by atoms with van der Waals surface area (Å²) in [6.07, 6.45) is 1.12. The number of quaternary nitrogens is 1. The second kappa shape index (κ2) is 8.24. The second-order valence-electron chi connectivity index (χ2n) is 7.60. The molecule has 3 rings (SSSR count). The summed E-state index contributed by atoms with van der Waals surface area (Å²) in [5, 5.41) is 3.42. The average molecular weight is 385 g/mol. The van der Waals surface area contributed by atoms with E-state index in [0.29, 0.717) is 21.8 Å². The van der Waals surface area contributed by atoms with Crippen molar-refractivity contribution in [2.24, 2.45) is 5.92 Å². The average Bonchev–Trinajstić information content (AvgIpc) is 2.62. The normalized spacial score (nSPS) is 12.7. The molecule has 2 aromatic carbocycles. The van der Waals surface area contributed by atoms with E-state index in [-0.39, 0.29) is 11.6 Å². The Labute approximate surface area is 165 Å². The van der Waals surface area contributed by atoms with E-state index in [1.807, 2.05) is 31.2 Å². The monoisotopic (exact) mass is 384 g/mol. The summed E-state index contributed by atoms with van der Waals surface area (Å²) in [7, 11) is 0. The van der Waals surface area contributed by atoms with E-state index >= 15 is 0 Å². The molecule has 0 radical (unpaired) electrons. The summed E-state index contributed by atoms with van der Waals surface area (Å²) < 4.78 is 1.74. The minimum atomic E-state index is -0.0559. The molecule has 1 aromatic heterocycles. The lowest BCUT2D eigenvalue weighted by Gasteiger charge is -2.18. The van der Waals surface area contributed by atoms with Gasteiger partial charge in [0.25, 0.3) is 5.56 Å². The van der Waals surface area contributed by atoms with Gasteiger partial charge in [-0.15, -0.1) is 0 Å². The van der Waals surface area contributed by atoms with E-state index in [4.69, 9.17) is 16.6 Å². The van der Waals surface area contributed by atoms with E-state index in [1.165, 1.54) is 0 Å². The molecule has 0 bridgehead atoms. The van der Waals surface area contributed by atoms with Crippen molar-refractivity contribution < 1.29 is 5.32 Å². The molecule has 5 heteroatoms. The molecule has 0 aliphatic rings. The van der Waals surface area contributed by atoms with Crippen molar-refractivity contribution in [3.8, 4) is 5.69 Å². The Balaban J connectivity index is 2.14. The van der Waals surface area contributed by atoms with Crippen LogP contribution in [0.3, 0.4) is 0 Å². The smallest absolute Gasteiger partial charge is 0.266 e. The molecule has 0 saturated heterocycles. The zero-order valence-corrected chi connectivity index (χ0v) is 17.1. The summed E-state index contributed by atoms with van der Waals surface area (Å²) in [5.41, 5.74) is 2.59. The number of halogens is 1. The van der Waals surface area contributed by atoms with E-state index in [2.05, 4.69) is 26.1 Å². The van der Waals surface area contributed by atoms with Gasteiger partial charge in [-0.3, -0.25) is 9.36 Å². The van der Waals surface area contributed by atoms with E-state index in [0.717, 1.165) is 30.0 Å². The van der Waals surface area contributed by atoms with Crippen molar-refractivity contribution >= 4 is 22.5 Å². The number of aryl methyl sites for hydroxylation is 1. The predicted molar refractivity (Wildman–Crippen MR) is 112 cm³/mol. The van der Waals surface area contributed by atoms with Gasteiger partial charge >= 0.3 is 0 Å². The van der Waals surface area contributed by atoms with Crippen LogP contribution in [0.5, 0.6) is 0 Å². The minimum absolute atomic E-state index is 0.0559. The number of aromatic nitrogens is 2. The fourth-order valence-electron chi connectivity index (χ4n) is 3.21. The molecular formula is C22H27ClN3O+. The Morgan fingerprint density at radius 2 is 1.81 bits per heavy atom. The van der Waals surface area contributed by atoms with E-state index in [9.17, 15) is 4.79 Å². The van der Waals surface area contributed by atoms with Crippen molar-refractivity contribution in [1.82, 2.24) is 9.55 Å².